The van der Waals surface area contributed by atoms with E-state index in [1.165, 1.54) is 0 Å². The van der Waals surface area contributed by atoms with Crippen molar-refractivity contribution >= 4 is 0 Å². The predicted molar refractivity (Wildman–Crippen MR) is 36.4 cm³/mol. The molecule has 1 aliphatic rings. The lowest BCUT2D eigenvalue weighted by atomic mass is 9.79. The van der Waals surface area contributed by atoms with E-state index >= 15 is 0 Å². The highest BCUT2D eigenvalue weighted by Crippen LogP contribution is 2.30. The van der Waals surface area contributed by atoms with Crippen molar-refractivity contribution in [1.29, 1.82) is 0 Å². The van der Waals surface area contributed by atoms with E-state index in [0.29, 0.717) is 0 Å². The minimum Gasteiger partial charge on any atom is -0.394 e. The molecule has 0 spiro atoms. The molecular formula is C7H14O3. The maximum atomic E-state index is 9.23. The van der Waals surface area contributed by atoms with E-state index < -0.39 is 12.2 Å². The lowest BCUT2D eigenvalue weighted by molar-refractivity contribution is -0.0606. The van der Waals surface area contributed by atoms with Crippen LogP contribution in [0.1, 0.15) is 19.3 Å². The number of hydrogen-bond acceptors (Lipinski definition) is 3. The van der Waals surface area contributed by atoms with Gasteiger partial charge < -0.3 is 15.3 Å². The molecule has 1 saturated carbocycles. The zero-order valence-corrected chi connectivity index (χ0v) is 5.90. The molecule has 10 heavy (non-hydrogen) atoms. The van der Waals surface area contributed by atoms with E-state index in [1.54, 1.807) is 0 Å². The molecular weight excluding hydrogens is 132 g/mol. The monoisotopic (exact) mass is 146 g/mol. The number of aliphatic hydroxyl groups excluding tert-OH is 3. The van der Waals surface area contributed by atoms with Gasteiger partial charge in [0.2, 0.25) is 0 Å². The zero-order valence-electron chi connectivity index (χ0n) is 5.90. The number of hydrogen-bond donors (Lipinski definition) is 3. The van der Waals surface area contributed by atoms with Gasteiger partial charge in [-0.05, 0) is 18.8 Å². The van der Waals surface area contributed by atoms with Crippen molar-refractivity contribution in [2.75, 3.05) is 6.61 Å². The van der Waals surface area contributed by atoms with Gasteiger partial charge in [-0.1, -0.05) is 6.42 Å². The summed E-state index contributed by atoms with van der Waals surface area (Å²) in [7, 11) is 0. The van der Waals surface area contributed by atoms with Gasteiger partial charge in [-0.2, -0.15) is 0 Å². The molecule has 1 rings (SSSR count). The first-order valence-electron chi connectivity index (χ1n) is 3.72. The van der Waals surface area contributed by atoms with Crippen LogP contribution in [0, 0.1) is 5.92 Å². The fourth-order valence-corrected chi connectivity index (χ4v) is 1.20. The van der Waals surface area contributed by atoms with E-state index in [2.05, 4.69) is 0 Å². The molecule has 3 nitrogen and oxygen atoms in total. The fourth-order valence-electron chi connectivity index (χ4n) is 1.20. The Balaban J connectivity index is 2.24. The predicted octanol–water partition coefficient (Wildman–Crippen LogP) is -0.499. The minimum atomic E-state index is -0.940. The minimum absolute atomic E-state index is 0.224. The molecule has 0 radical (unpaired) electrons. The Morgan fingerprint density at radius 2 is 1.90 bits per heavy atom. The molecule has 0 heterocycles. The van der Waals surface area contributed by atoms with Gasteiger partial charge in [0.05, 0.1) is 12.7 Å². The van der Waals surface area contributed by atoms with Crippen LogP contribution in [0.4, 0.5) is 0 Å². The maximum absolute atomic E-state index is 9.23. The second-order valence-electron chi connectivity index (χ2n) is 2.93. The normalized spacial score (nSPS) is 25.5. The van der Waals surface area contributed by atoms with Crippen LogP contribution >= 0.6 is 0 Å². The third-order valence-electron chi connectivity index (χ3n) is 2.21. The second-order valence-corrected chi connectivity index (χ2v) is 2.93. The van der Waals surface area contributed by atoms with Crippen molar-refractivity contribution in [2.45, 2.75) is 31.5 Å². The first kappa shape index (κ1) is 7.98. The smallest absolute Gasteiger partial charge is 0.103 e. The van der Waals surface area contributed by atoms with Crippen LogP contribution in [-0.4, -0.2) is 34.1 Å². The Bertz CT molecular complexity index is 96.3. The van der Waals surface area contributed by atoms with Crippen LogP contribution in [0.2, 0.25) is 0 Å². The van der Waals surface area contributed by atoms with Gasteiger partial charge in [0, 0.05) is 0 Å². The van der Waals surface area contributed by atoms with Gasteiger partial charge >= 0.3 is 0 Å². The third kappa shape index (κ3) is 1.48. The van der Waals surface area contributed by atoms with Crippen molar-refractivity contribution in [3.05, 3.63) is 0 Å². The summed E-state index contributed by atoms with van der Waals surface area (Å²) in [6.07, 6.45) is 1.46. The SMILES string of the molecule is OCC(O)C(O)C1CCC1. The summed E-state index contributed by atoms with van der Waals surface area (Å²) in [6.45, 7) is -0.336. The van der Waals surface area contributed by atoms with Crippen LogP contribution < -0.4 is 0 Å². The van der Waals surface area contributed by atoms with E-state index in [9.17, 15) is 5.11 Å². The topological polar surface area (TPSA) is 60.7 Å². The fraction of sp³-hybridized carbons (Fsp3) is 1.00. The molecule has 2 unspecified atom stereocenters. The summed E-state index contributed by atoms with van der Waals surface area (Å²) in [4.78, 5) is 0. The van der Waals surface area contributed by atoms with Crippen LogP contribution in [0.25, 0.3) is 0 Å². The summed E-state index contributed by atoms with van der Waals surface area (Å²) in [5, 5.41) is 26.7. The second kappa shape index (κ2) is 3.32. The van der Waals surface area contributed by atoms with Gasteiger partial charge in [0.15, 0.2) is 0 Å². The average molecular weight is 146 g/mol. The van der Waals surface area contributed by atoms with Crippen LogP contribution in [0.15, 0.2) is 0 Å². The molecule has 3 heteroatoms. The van der Waals surface area contributed by atoms with E-state index in [-0.39, 0.29) is 12.5 Å². The maximum Gasteiger partial charge on any atom is 0.103 e. The van der Waals surface area contributed by atoms with Gasteiger partial charge in [-0.15, -0.1) is 0 Å². The van der Waals surface area contributed by atoms with Crippen molar-refractivity contribution in [2.24, 2.45) is 5.92 Å². The summed E-state index contributed by atoms with van der Waals surface area (Å²) < 4.78 is 0. The third-order valence-corrected chi connectivity index (χ3v) is 2.21. The van der Waals surface area contributed by atoms with Gasteiger partial charge in [0.1, 0.15) is 6.10 Å². The van der Waals surface area contributed by atoms with Crippen molar-refractivity contribution in [3.63, 3.8) is 0 Å². The molecule has 1 fully saturated rings. The molecule has 0 aromatic carbocycles. The quantitative estimate of drug-likeness (QED) is 0.503. The van der Waals surface area contributed by atoms with Gasteiger partial charge in [0.25, 0.3) is 0 Å². The van der Waals surface area contributed by atoms with Gasteiger partial charge in [-0.25, -0.2) is 0 Å². The zero-order chi connectivity index (χ0) is 7.56. The lowest BCUT2D eigenvalue weighted by Crippen LogP contribution is -2.38. The van der Waals surface area contributed by atoms with Crippen LogP contribution in [0.3, 0.4) is 0 Å². The van der Waals surface area contributed by atoms with Gasteiger partial charge in [-0.3, -0.25) is 0 Å². The Kier molecular flexibility index (Phi) is 2.65. The highest BCUT2D eigenvalue weighted by molar-refractivity contribution is 4.81. The van der Waals surface area contributed by atoms with Crippen LogP contribution in [0.5, 0.6) is 0 Å². The molecule has 0 amide bonds. The number of aliphatic hydroxyl groups is 3. The molecule has 3 N–H and O–H groups in total. The lowest BCUT2D eigenvalue weighted by Gasteiger charge is -2.32. The van der Waals surface area contributed by atoms with Crippen molar-refractivity contribution in [1.82, 2.24) is 0 Å². The van der Waals surface area contributed by atoms with E-state index in [0.717, 1.165) is 19.3 Å². The molecule has 0 saturated heterocycles. The first-order valence-corrected chi connectivity index (χ1v) is 3.72. The summed E-state index contributed by atoms with van der Waals surface area (Å²) >= 11 is 0. The molecule has 0 aliphatic heterocycles. The van der Waals surface area contributed by atoms with Crippen molar-refractivity contribution in [3.8, 4) is 0 Å². The average Bonchev–Trinajstić information content (AvgIpc) is 1.82. The Hall–Kier alpha value is -0.120. The molecule has 1 aliphatic carbocycles. The summed E-state index contributed by atoms with van der Waals surface area (Å²) in [5.74, 6) is 0.224. The highest BCUT2D eigenvalue weighted by atomic mass is 16.4. The molecule has 0 aromatic heterocycles. The molecule has 2 atom stereocenters. The number of rotatable bonds is 3. The molecule has 0 aromatic rings. The summed E-state index contributed by atoms with van der Waals surface area (Å²) in [5.41, 5.74) is 0. The van der Waals surface area contributed by atoms with E-state index in [4.69, 9.17) is 10.2 Å². The largest absolute Gasteiger partial charge is 0.394 e. The molecule has 0 bridgehead atoms. The standard InChI is InChI=1S/C7H14O3/c8-4-6(9)7(10)5-2-1-3-5/h5-10H,1-4H2. The Labute approximate surface area is 60.3 Å². The van der Waals surface area contributed by atoms with Crippen molar-refractivity contribution < 1.29 is 15.3 Å². The Morgan fingerprint density at radius 1 is 1.30 bits per heavy atom. The highest BCUT2D eigenvalue weighted by Gasteiger charge is 2.30. The van der Waals surface area contributed by atoms with Crippen LogP contribution in [-0.2, 0) is 0 Å². The summed E-state index contributed by atoms with van der Waals surface area (Å²) in [6, 6.07) is 0. The molecule has 60 valence electrons. The first-order chi connectivity index (χ1) is 4.75. The van der Waals surface area contributed by atoms with E-state index in [1.807, 2.05) is 0 Å². The Morgan fingerprint density at radius 3 is 2.20 bits per heavy atom.